The van der Waals surface area contributed by atoms with Crippen LogP contribution in [0.1, 0.15) is 69.3 Å². The summed E-state index contributed by atoms with van der Waals surface area (Å²) in [6, 6.07) is 7.25. The van der Waals surface area contributed by atoms with Gasteiger partial charge in [-0.05, 0) is 30.5 Å². The molecule has 0 radical (unpaired) electrons. The molecule has 124 valence electrons. The maximum Gasteiger partial charge on any atom is 0.191 e. The maximum absolute atomic E-state index is 13.0. The second-order valence-electron chi connectivity index (χ2n) is 6.57. The molecule has 1 heterocycles. The highest BCUT2D eigenvalue weighted by Gasteiger charge is 2.24. The lowest BCUT2D eigenvalue weighted by molar-refractivity contribution is 0.326. The molecule has 23 heavy (non-hydrogen) atoms. The molecule has 5 heteroatoms. The third kappa shape index (κ3) is 3.94. The number of nitrogens with zero attached hydrogens (tertiary/aromatic N) is 3. The molecule has 1 saturated carbocycles. The van der Waals surface area contributed by atoms with Gasteiger partial charge in [0, 0.05) is 17.7 Å². The van der Waals surface area contributed by atoms with E-state index < -0.39 is 0 Å². The molecule has 2 aromatic rings. The lowest BCUT2D eigenvalue weighted by Crippen LogP contribution is -2.17. The highest BCUT2D eigenvalue weighted by atomic mass is 32.2. The molecule has 0 saturated heterocycles. The number of hydrogen-bond donors (Lipinski definition) is 0. The first kappa shape index (κ1) is 16.5. The first-order valence-electron chi connectivity index (χ1n) is 8.47. The predicted octanol–water partition coefficient (Wildman–Crippen LogP) is 5.34. The van der Waals surface area contributed by atoms with Crippen LogP contribution in [0.5, 0.6) is 0 Å². The number of benzene rings is 1. The van der Waals surface area contributed by atoms with Gasteiger partial charge in [-0.1, -0.05) is 57.0 Å². The minimum Gasteiger partial charge on any atom is -0.303 e. The Bertz CT molecular complexity index is 630. The van der Waals surface area contributed by atoms with Crippen molar-refractivity contribution in [1.82, 2.24) is 14.8 Å². The SMILES string of the molecule is CC(C)c1nnc(SCc2ccc(F)cc2)n1C1CCCCC1. The Morgan fingerprint density at radius 1 is 1.13 bits per heavy atom. The third-order valence-electron chi connectivity index (χ3n) is 4.43. The van der Waals surface area contributed by atoms with Crippen molar-refractivity contribution in [3.8, 4) is 0 Å². The minimum absolute atomic E-state index is 0.189. The van der Waals surface area contributed by atoms with Crippen LogP contribution in [-0.2, 0) is 5.75 Å². The molecule has 0 N–H and O–H groups in total. The number of halogens is 1. The summed E-state index contributed by atoms with van der Waals surface area (Å²) < 4.78 is 15.4. The van der Waals surface area contributed by atoms with Gasteiger partial charge in [0.15, 0.2) is 5.16 Å². The van der Waals surface area contributed by atoms with Gasteiger partial charge >= 0.3 is 0 Å². The summed E-state index contributed by atoms with van der Waals surface area (Å²) in [6.45, 7) is 4.36. The van der Waals surface area contributed by atoms with E-state index in [2.05, 4.69) is 28.6 Å². The summed E-state index contributed by atoms with van der Waals surface area (Å²) in [5, 5.41) is 9.90. The fraction of sp³-hybridized carbons (Fsp3) is 0.556. The Kier molecular flexibility index (Phi) is 5.36. The van der Waals surface area contributed by atoms with Crippen LogP contribution in [0.2, 0.25) is 0 Å². The van der Waals surface area contributed by atoms with Gasteiger partial charge in [0.2, 0.25) is 0 Å². The largest absolute Gasteiger partial charge is 0.303 e. The number of hydrogen-bond acceptors (Lipinski definition) is 3. The van der Waals surface area contributed by atoms with Crippen LogP contribution in [0.25, 0.3) is 0 Å². The zero-order chi connectivity index (χ0) is 16.2. The van der Waals surface area contributed by atoms with Crippen molar-refractivity contribution in [2.24, 2.45) is 0 Å². The topological polar surface area (TPSA) is 30.7 Å². The molecule has 3 rings (SSSR count). The van der Waals surface area contributed by atoms with Gasteiger partial charge in [-0.25, -0.2) is 4.39 Å². The van der Waals surface area contributed by atoms with E-state index in [9.17, 15) is 4.39 Å². The molecule has 1 aromatic heterocycles. The molecule has 0 amide bonds. The lowest BCUT2D eigenvalue weighted by Gasteiger charge is -2.26. The number of aromatic nitrogens is 3. The standard InChI is InChI=1S/C18H24FN3S/c1-13(2)17-20-21-18(22(17)16-6-4-3-5-7-16)23-12-14-8-10-15(19)11-9-14/h8-11,13,16H,3-7,12H2,1-2H3. The molecule has 0 atom stereocenters. The lowest BCUT2D eigenvalue weighted by atomic mass is 9.95. The summed E-state index contributed by atoms with van der Waals surface area (Å²) in [5.74, 6) is 2.08. The Labute approximate surface area is 141 Å². The van der Waals surface area contributed by atoms with Crippen molar-refractivity contribution >= 4 is 11.8 Å². The quantitative estimate of drug-likeness (QED) is 0.692. The predicted molar refractivity (Wildman–Crippen MR) is 92.2 cm³/mol. The molecular weight excluding hydrogens is 309 g/mol. The highest BCUT2D eigenvalue weighted by Crippen LogP contribution is 2.35. The highest BCUT2D eigenvalue weighted by molar-refractivity contribution is 7.98. The van der Waals surface area contributed by atoms with Crippen LogP contribution in [0.4, 0.5) is 4.39 Å². The average Bonchev–Trinajstić information content (AvgIpc) is 2.99. The molecule has 0 spiro atoms. The van der Waals surface area contributed by atoms with Crippen molar-refractivity contribution in [3.63, 3.8) is 0 Å². The van der Waals surface area contributed by atoms with Crippen molar-refractivity contribution in [1.29, 1.82) is 0 Å². The van der Waals surface area contributed by atoms with E-state index in [1.54, 1.807) is 11.8 Å². The van der Waals surface area contributed by atoms with E-state index in [0.717, 1.165) is 22.3 Å². The van der Waals surface area contributed by atoms with Gasteiger partial charge in [0.1, 0.15) is 11.6 Å². The Morgan fingerprint density at radius 3 is 2.48 bits per heavy atom. The normalized spacial score (nSPS) is 16.2. The molecule has 0 bridgehead atoms. The van der Waals surface area contributed by atoms with Crippen molar-refractivity contribution < 1.29 is 4.39 Å². The Hall–Kier alpha value is -1.36. The van der Waals surface area contributed by atoms with E-state index in [4.69, 9.17) is 0 Å². The van der Waals surface area contributed by atoms with Crippen LogP contribution in [-0.4, -0.2) is 14.8 Å². The Balaban J connectivity index is 1.79. The fourth-order valence-electron chi connectivity index (χ4n) is 3.19. The second kappa shape index (κ2) is 7.47. The zero-order valence-electron chi connectivity index (χ0n) is 13.8. The monoisotopic (exact) mass is 333 g/mol. The molecule has 3 nitrogen and oxygen atoms in total. The van der Waals surface area contributed by atoms with Gasteiger partial charge < -0.3 is 4.57 Å². The minimum atomic E-state index is -0.189. The molecular formula is C18H24FN3S. The maximum atomic E-state index is 13.0. The molecule has 1 aliphatic rings. The summed E-state index contributed by atoms with van der Waals surface area (Å²) in [7, 11) is 0. The smallest absolute Gasteiger partial charge is 0.191 e. The first-order chi connectivity index (χ1) is 11.1. The van der Waals surface area contributed by atoms with Crippen LogP contribution >= 0.6 is 11.8 Å². The van der Waals surface area contributed by atoms with E-state index in [1.807, 2.05) is 12.1 Å². The van der Waals surface area contributed by atoms with Gasteiger partial charge in [0.25, 0.3) is 0 Å². The van der Waals surface area contributed by atoms with E-state index in [-0.39, 0.29) is 5.82 Å². The van der Waals surface area contributed by atoms with Crippen LogP contribution in [0.15, 0.2) is 29.4 Å². The van der Waals surface area contributed by atoms with E-state index in [0.29, 0.717) is 12.0 Å². The van der Waals surface area contributed by atoms with Crippen molar-refractivity contribution in [2.45, 2.75) is 68.8 Å². The molecule has 0 unspecified atom stereocenters. The molecule has 0 aliphatic heterocycles. The fourth-order valence-corrected chi connectivity index (χ4v) is 4.16. The van der Waals surface area contributed by atoms with Crippen LogP contribution in [0, 0.1) is 5.82 Å². The number of rotatable bonds is 5. The van der Waals surface area contributed by atoms with Crippen LogP contribution in [0.3, 0.4) is 0 Å². The summed E-state index contributed by atoms with van der Waals surface area (Å²) in [6.07, 6.45) is 6.38. The third-order valence-corrected chi connectivity index (χ3v) is 5.44. The average molecular weight is 333 g/mol. The zero-order valence-corrected chi connectivity index (χ0v) is 14.7. The molecule has 1 aliphatic carbocycles. The summed E-state index contributed by atoms with van der Waals surface area (Å²) in [5.41, 5.74) is 1.11. The first-order valence-corrected chi connectivity index (χ1v) is 9.45. The van der Waals surface area contributed by atoms with Crippen LogP contribution < -0.4 is 0 Å². The van der Waals surface area contributed by atoms with E-state index in [1.165, 1.54) is 44.2 Å². The van der Waals surface area contributed by atoms with Crippen molar-refractivity contribution in [2.75, 3.05) is 0 Å². The second-order valence-corrected chi connectivity index (χ2v) is 7.51. The molecule has 1 fully saturated rings. The van der Waals surface area contributed by atoms with Crippen molar-refractivity contribution in [3.05, 3.63) is 41.5 Å². The number of thioether (sulfide) groups is 1. The Morgan fingerprint density at radius 2 is 1.83 bits per heavy atom. The van der Waals surface area contributed by atoms with Gasteiger partial charge in [-0.2, -0.15) is 0 Å². The van der Waals surface area contributed by atoms with Gasteiger partial charge in [-0.15, -0.1) is 10.2 Å². The van der Waals surface area contributed by atoms with Gasteiger partial charge in [-0.3, -0.25) is 0 Å². The summed E-state index contributed by atoms with van der Waals surface area (Å²) in [4.78, 5) is 0. The van der Waals surface area contributed by atoms with E-state index >= 15 is 0 Å². The van der Waals surface area contributed by atoms with Gasteiger partial charge in [0.05, 0.1) is 0 Å². The summed E-state index contributed by atoms with van der Waals surface area (Å²) >= 11 is 1.70. The molecule has 1 aromatic carbocycles.